The summed E-state index contributed by atoms with van der Waals surface area (Å²) in [5.41, 5.74) is 0.873. The summed E-state index contributed by atoms with van der Waals surface area (Å²) in [6.07, 6.45) is 0. The van der Waals surface area contributed by atoms with Crippen LogP contribution < -0.4 is 14.2 Å². The summed E-state index contributed by atoms with van der Waals surface area (Å²) < 4.78 is 17.7. The minimum Gasteiger partial charge on any atom is -0.486 e. The van der Waals surface area contributed by atoms with E-state index in [-0.39, 0.29) is 0 Å². The summed E-state index contributed by atoms with van der Waals surface area (Å²) in [6.45, 7) is 1.15. The van der Waals surface area contributed by atoms with Gasteiger partial charge in [0.15, 0.2) is 17.3 Å². The SMILES string of the molecule is COc1nc(-c2ccc3c(c2)OCCO3)nn1C. The van der Waals surface area contributed by atoms with E-state index in [0.29, 0.717) is 25.0 Å². The predicted octanol–water partition coefficient (Wildman–Crippen LogP) is 1.26. The molecule has 2 heterocycles. The summed E-state index contributed by atoms with van der Waals surface area (Å²) in [5, 5.41) is 4.28. The Morgan fingerprint density at radius 1 is 1.22 bits per heavy atom. The van der Waals surface area contributed by atoms with E-state index >= 15 is 0 Å². The average Bonchev–Trinajstić information content (AvgIpc) is 2.79. The summed E-state index contributed by atoms with van der Waals surface area (Å²) in [4.78, 5) is 4.28. The number of hydrogen-bond donors (Lipinski definition) is 0. The smallest absolute Gasteiger partial charge is 0.314 e. The quantitative estimate of drug-likeness (QED) is 0.799. The number of aromatic nitrogens is 3. The molecule has 94 valence electrons. The average molecular weight is 247 g/mol. The van der Waals surface area contributed by atoms with Gasteiger partial charge in [0.2, 0.25) is 0 Å². The molecule has 0 spiro atoms. The molecular weight excluding hydrogens is 234 g/mol. The van der Waals surface area contributed by atoms with E-state index in [4.69, 9.17) is 14.2 Å². The van der Waals surface area contributed by atoms with Crippen molar-refractivity contribution in [3.8, 4) is 28.9 Å². The Labute approximate surface area is 104 Å². The summed E-state index contributed by atoms with van der Waals surface area (Å²) in [6, 6.07) is 6.12. The molecule has 1 aromatic carbocycles. The van der Waals surface area contributed by atoms with Crippen LogP contribution in [-0.2, 0) is 7.05 Å². The molecule has 0 radical (unpaired) electrons. The maximum absolute atomic E-state index is 5.53. The number of rotatable bonds is 2. The molecule has 18 heavy (non-hydrogen) atoms. The summed E-state index contributed by atoms with van der Waals surface area (Å²) in [5.74, 6) is 2.09. The Bertz CT molecular complexity index is 580. The Kier molecular flexibility index (Phi) is 2.55. The molecule has 0 bridgehead atoms. The first-order valence-corrected chi connectivity index (χ1v) is 5.63. The van der Waals surface area contributed by atoms with Crippen molar-refractivity contribution in [1.29, 1.82) is 0 Å². The van der Waals surface area contributed by atoms with E-state index in [1.54, 1.807) is 18.8 Å². The first-order chi connectivity index (χ1) is 8.78. The molecule has 0 saturated heterocycles. The largest absolute Gasteiger partial charge is 0.486 e. The second-order valence-electron chi connectivity index (χ2n) is 3.90. The molecule has 3 rings (SSSR count). The molecule has 1 aromatic heterocycles. The number of benzene rings is 1. The molecule has 0 fully saturated rings. The third kappa shape index (κ3) is 1.75. The molecule has 6 nitrogen and oxygen atoms in total. The fourth-order valence-corrected chi connectivity index (χ4v) is 1.85. The van der Waals surface area contributed by atoms with E-state index < -0.39 is 0 Å². The molecule has 1 aliphatic rings. The van der Waals surface area contributed by atoms with Crippen LogP contribution in [0, 0.1) is 0 Å². The van der Waals surface area contributed by atoms with Gasteiger partial charge in [0, 0.05) is 12.6 Å². The highest BCUT2D eigenvalue weighted by atomic mass is 16.6. The van der Waals surface area contributed by atoms with Crippen LogP contribution in [0.15, 0.2) is 18.2 Å². The van der Waals surface area contributed by atoms with E-state index in [2.05, 4.69) is 10.1 Å². The number of hydrogen-bond acceptors (Lipinski definition) is 5. The van der Waals surface area contributed by atoms with Crippen molar-refractivity contribution in [2.45, 2.75) is 0 Å². The van der Waals surface area contributed by atoms with Gasteiger partial charge >= 0.3 is 6.01 Å². The number of methoxy groups -OCH3 is 1. The molecule has 0 N–H and O–H groups in total. The summed E-state index contributed by atoms with van der Waals surface area (Å²) in [7, 11) is 3.35. The Balaban J connectivity index is 2.00. The number of ether oxygens (including phenoxy) is 3. The lowest BCUT2D eigenvalue weighted by Gasteiger charge is -2.18. The third-order valence-corrected chi connectivity index (χ3v) is 2.71. The van der Waals surface area contributed by atoms with Gasteiger partial charge in [0.1, 0.15) is 13.2 Å². The highest BCUT2D eigenvalue weighted by Gasteiger charge is 2.15. The zero-order chi connectivity index (χ0) is 12.5. The third-order valence-electron chi connectivity index (χ3n) is 2.71. The number of fused-ring (bicyclic) bond motifs is 1. The lowest BCUT2D eigenvalue weighted by molar-refractivity contribution is 0.171. The van der Waals surface area contributed by atoms with Gasteiger partial charge in [-0.2, -0.15) is 4.98 Å². The molecule has 1 aliphatic heterocycles. The summed E-state index contributed by atoms with van der Waals surface area (Å²) >= 11 is 0. The number of aryl methyl sites for hydroxylation is 1. The lowest BCUT2D eigenvalue weighted by atomic mass is 10.2. The van der Waals surface area contributed by atoms with Crippen LogP contribution >= 0.6 is 0 Å². The van der Waals surface area contributed by atoms with Crippen molar-refractivity contribution in [3.05, 3.63) is 18.2 Å². The second-order valence-corrected chi connectivity index (χ2v) is 3.90. The first-order valence-electron chi connectivity index (χ1n) is 5.63. The Hall–Kier alpha value is -2.24. The van der Waals surface area contributed by atoms with Crippen molar-refractivity contribution in [3.63, 3.8) is 0 Å². The maximum Gasteiger partial charge on any atom is 0.314 e. The van der Waals surface area contributed by atoms with Gasteiger partial charge in [0.05, 0.1) is 7.11 Å². The number of nitrogens with zero attached hydrogens (tertiary/aromatic N) is 3. The van der Waals surface area contributed by atoms with Crippen LogP contribution in [0.3, 0.4) is 0 Å². The first kappa shape index (κ1) is 10.9. The maximum atomic E-state index is 5.53. The van der Waals surface area contributed by atoms with Crippen LogP contribution in [-0.4, -0.2) is 35.1 Å². The van der Waals surface area contributed by atoms with Crippen molar-refractivity contribution < 1.29 is 14.2 Å². The minimum atomic E-state index is 0.472. The molecule has 6 heteroatoms. The van der Waals surface area contributed by atoms with E-state index in [1.165, 1.54) is 0 Å². The van der Waals surface area contributed by atoms with Gasteiger partial charge in [-0.05, 0) is 18.2 Å². The second kappa shape index (κ2) is 4.21. The Morgan fingerprint density at radius 3 is 2.72 bits per heavy atom. The van der Waals surface area contributed by atoms with E-state index in [0.717, 1.165) is 17.1 Å². The Morgan fingerprint density at radius 2 is 2.00 bits per heavy atom. The molecule has 0 atom stereocenters. The molecule has 0 unspecified atom stereocenters. The highest BCUT2D eigenvalue weighted by Crippen LogP contribution is 2.33. The monoisotopic (exact) mass is 247 g/mol. The van der Waals surface area contributed by atoms with Crippen LogP contribution in [0.5, 0.6) is 17.5 Å². The minimum absolute atomic E-state index is 0.472. The van der Waals surface area contributed by atoms with Gasteiger partial charge in [-0.3, -0.25) is 0 Å². The van der Waals surface area contributed by atoms with Crippen LogP contribution in [0.1, 0.15) is 0 Å². The van der Waals surface area contributed by atoms with Crippen molar-refractivity contribution in [2.24, 2.45) is 7.05 Å². The molecular formula is C12H13N3O3. The van der Waals surface area contributed by atoms with Crippen molar-refractivity contribution in [2.75, 3.05) is 20.3 Å². The fourth-order valence-electron chi connectivity index (χ4n) is 1.85. The normalized spacial score (nSPS) is 13.4. The van der Waals surface area contributed by atoms with E-state index in [9.17, 15) is 0 Å². The molecule has 0 aliphatic carbocycles. The van der Waals surface area contributed by atoms with Gasteiger partial charge in [-0.1, -0.05) is 0 Å². The zero-order valence-corrected chi connectivity index (χ0v) is 10.2. The van der Waals surface area contributed by atoms with Gasteiger partial charge < -0.3 is 14.2 Å². The van der Waals surface area contributed by atoms with Crippen molar-refractivity contribution in [1.82, 2.24) is 14.8 Å². The molecule has 0 amide bonds. The van der Waals surface area contributed by atoms with Crippen LogP contribution in [0.4, 0.5) is 0 Å². The lowest BCUT2D eigenvalue weighted by Crippen LogP contribution is -2.15. The molecule has 0 saturated carbocycles. The van der Waals surface area contributed by atoms with Crippen molar-refractivity contribution >= 4 is 0 Å². The molecule has 2 aromatic rings. The van der Waals surface area contributed by atoms with Crippen LogP contribution in [0.25, 0.3) is 11.4 Å². The van der Waals surface area contributed by atoms with Gasteiger partial charge in [-0.25, -0.2) is 4.68 Å². The van der Waals surface area contributed by atoms with Crippen LogP contribution in [0.2, 0.25) is 0 Å². The standard InChI is InChI=1S/C12H13N3O3/c1-15-12(16-2)13-11(14-15)8-3-4-9-10(7-8)18-6-5-17-9/h3-4,7H,5-6H2,1-2H3. The fraction of sp³-hybridized carbons (Fsp3) is 0.333. The topological polar surface area (TPSA) is 58.4 Å². The van der Waals surface area contributed by atoms with E-state index in [1.807, 2.05) is 18.2 Å². The zero-order valence-electron chi connectivity index (χ0n) is 10.2. The van der Waals surface area contributed by atoms with Gasteiger partial charge in [-0.15, -0.1) is 5.10 Å². The predicted molar refractivity (Wildman–Crippen MR) is 64.0 cm³/mol. The van der Waals surface area contributed by atoms with Gasteiger partial charge in [0.25, 0.3) is 0 Å². The highest BCUT2D eigenvalue weighted by molar-refractivity contribution is 5.61.